The molecule has 0 saturated carbocycles. The maximum atomic E-state index is 6.25. The highest BCUT2D eigenvalue weighted by Gasteiger charge is 2.18. The highest BCUT2D eigenvalue weighted by Crippen LogP contribution is 2.32. The van der Waals surface area contributed by atoms with Crippen LogP contribution in [0, 0.1) is 5.92 Å². The van der Waals surface area contributed by atoms with Crippen LogP contribution in [0.25, 0.3) is 11.3 Å². The van der Waals surface area contributed by atoms with Crippen molar-refractivity contribution < 1.29 is 0 Å². The summed E-state index contributed by atoms with van der Waals surface area (Å²) in [4.78, 5) is 6.80. The monoisotopic (exact) mass is 270 g/mol. The summed E-state index contributed by atoms with van der Waals surface area (Å²) >= 11 is 0. The van der Waals surface area contributed by atoms with Crippen molar-refractivity contribution in [3.8, 4) is 11.3 Å². The van der Waals surface area contributed by atoms with E-state index in [1.807, 2.05) is 10.9 Å². The zero-order chi connectivity index (χ0) is 14.3. The first-order valence-electron chi connectivity index (χ1n) is 7.21. The van der Waals surface area contributed by atoms with Crippen molar-refractivity contribution in [3.63, 3.8) is 0 Å². The number of hydrogen-bond donors (Lipinski definition) is 1. The summed E-state index contributed by atoms with van der Waals surface area (Å²) in [5.74, 6) is 1.33. The van der Waals surface area contributed by atoms with Gasteiger partial charge in [-0.2, -0.15) is 0 Å². The molecule has 20 heavy (non-hydrogen) atoms. The van der Waals surface area contributed by atoms with Crippen molar-refractivity contribution in [2.45, 2.75) is 26.8 Å². The van der Waals surface area contributed by atoms with Crippen LogP contribution in [0.1, 0.15) is 19.4 Å². The van der Waals surface area contributed by atoms with Gasteiger partial charge in [-0.1, -0.05) is 19.9 Å². The Morgan fingerprint density at radius 1 is 1.35 bits per heavy atom. The summed E-state index contributed by atoms with van der Waals surface area (Å²) in [7, 11) is 2.14. The Morgan fingerprint density at radius 3 is 2.90 bits per heavy atom. The number of imidazole rings is 1. The number of aromatic nitrogens is 2. The van der Waals surface area contributed by atoms with E-state index in [-0.39, 0.29) is 0 Å². The summed E-state index contributed by atoms with van der Waals surface area (Å²) in [6, 6.07) is 6.54. The third kappa shape index (κ3) is 2.15. The summed E-state index contributed by atoms with van der Waals surface area (Å²) in [5, 5.41) is 0. The maximum Gasteiger partial charge on any atom is 0.131 e. The number of likely N-dealkylation sites (N-methyl/N-ethyl adjacent to an activating group) is 1. The van der Waals surface area contributed by atoms with E-state index < -0.39 is 0 Å². The van der Waals surface area contributed by atoms with Gasteiger partial charge in [-0.3, -0.25) is 0 Å². The minimum atomic E-state index is 0.563. The Bertz CT molecular complexity index is 627. The van der Waals surface area contributed by atoms with Gasteiger partial charge in [0, 0.05) is 31.4 Å². The average Bonchev–Trinajstić information content (AvgIpc) is 2.94. The number of nitrogens with zero attached hydrogens (tertiary/aromatic N) is 3. The lowest BCUT2D eigenvalue weighted by Crippen LogP contribution is -2.12. The second-order valence-electron chi connectivity index (χ2n) is 6.04. The highest BCUT2D eigenvalue weighted by molar-refractivity contribution is 5.74. The second-order valence-corrected chi connectivity index (χ2v) is 6.04. The fourth-order valence-corrected chi connectivity index (χ4v) is 2.87. The molecule has 1 aromatic heterocycles. The van der Waals surface area contributed by atoms with E-state index in [1.165, 1.54) is 11.3 Å². The molecule has 0 spiro atoms. The van der Waals surface area contributed by atoms with Crippen LogP contribution < -0.4 is 10.6 Å². The van der Waals surface area contributed by atoms with Gasteiger partial charge in [0.2, 0.25) is 0 Å². The molecule has 0 amide bonds. The number of hydrogen-bond acceptors (Lipinski definition) is 3. The van der Waals surface area contributed by atoms with Gasteiger partial charge in [-0.25, -0.2) is 4.98 Å². The number of anilines is 2. The van der Waals surface area contributed by atoms with Gasteiger partial charge in [0.1, 0.15) is 11.5 Å². The Kier molecular flexibility index (Phi) is 3.16. The summed E-state index contributed by atoms with van der Waals surface area (Å²) in [6.07, 6.45) is 2.95. The molecule has 2 N–H and O–H groups in total. The molecule has 0 radical (unpaired) electrons. The summed E-state index contributed by atoms with van der Waals surface area (Å²) in [6.45, 7) is 6.37. The molecular weight excluding hydrogens is 248 g/mol. The van der Waals surface area contributed by atoms with Crippen molar-refractivity contribution >= 4 is 11.5 Å². The first-order chi connectivity index (χ1) is 9.56. The van der Waals surface area contributed by atoms with Crippen molar-refractivity contribution in [1.29, 1.82) is 0 Å². The lowest BCUT2D eigenvalue weighted by molar-refractivity contribution is 0.527. The van der Waals surface area contributed by atoms with E-state index in [0.29, 0.717) is 5.92 Å². The molecule has 2 aromatic rings. The number of rotatable bonds is 3. The number of benzene rings is 1. The zero-order valence-electron chi connectivity index (χ0n) is 12.4. The topological polar surface area (TPSA) is 47.1 Å². The number of nitrogen functional groups attached to an aromatic ring is 1. The van der Waals surface area contributed by atoms with Gasteiger partial charge >= 0.3 is 0 Å². The number of nitrogens with two attached hydrogens (primary N) is 1. The van der Waals surface area contributed by atoms with Crippen LogP contribution in [0.5, 0.6) is 0 Å². The van der Waals surface area contributed by atoms with Crippen molar-refractivity contribution in [2.24, 2.45) is 5.92 Å². The molecule has 0 atom stereocenters. The van der Waals surface area contributed by atoms with Gasteiger partial charge < -0.3 is 15.2 Å². The van der Waals surface area contributed by atoms with Crippen LogP contribution >= 0.6 is 0 Å². The smallest absolute Gasteiger partial charge is 0.131 e. The van der Waals surface area contributed by atoms with Crippen molar-refractivity contribution in [2.75, 3.05) is 24.2 Å². The minimum absolute atomic E-state index is 0.563. The van der Waals surface area contributed by atoms with E-state index in [2.05, 4.69) is 49.0 Å². The SMILES string of the molecule is CC(C)Cn1cnc(-c2ccc3c(c2)CCN3C)c1N. The Hall–Kier alpha value is -1.97. The molecule has 0 aliphatic carbocycles. The molecule has 3 rings (SSSR count). The largest absolute Gasteiger partial charge is 0.383 e. The molecule has 1 aromatic carbocycles. The van der Waals surface area contributed by atoms with Crippen LogP contribution in [0.15, 0.2) is 24.5 Å². The van der Waals surface area contributed by atoms with Gasteiger partial charge in [-0.15, -0.1) is 0 Å². The van der Waals surface area contributed by atoms with E-state index >= 15 is 0 Å². The third-order valence-corrected chi connectivity index (χ3v) is 3.92. The average molecular weight is 270 g/mol. The molecule has 0 unspecified atom stereocenters. The van der Waals surface area contributed by atoms with Crippen LogP contribution in [0.4, 0.5) is 11.5 Å². The molecule has 1 aliphatic heterocycles. The molecule has 0 saturated heterocycles. The van der Waals surface area contributed by atoms with Gasteiger partial charge in [0.25, 0.3) is 0 Å². The number of fused-ring (bicyclic) bond motifs is 1. The molecule has 4 nitrogen and oxygen atoms in total. The molecule has 0 fully saturated rings. The quantitative estimate of drug-likeness (QED) is 0.933. The predicted molar refractivity (Wildman–Crippen MR) is 83.9 cm³/mol. The third-order valence-electron chi connectivity index (χ3n) is 3.92. The normalized spacial score (nSPS) is 14.1. The van der Waals surface area contributed by atoms with Crippen LogP contribution in [-0.4, -0.2) is 23.1 Å². The van der Waals surface area contributed by atoms with Gasteiger partial charge in [0.15, 0.2) is 0 Å². The molecular formula is C16H22N4. The van der Waals surface area contributed by atoms with E-state index in [0.717, 1.165) is 36.6 Å². The first kappa shape index (κ1) is 13.0. The fourth-order valence-electron chi connectivity index (χ4n) is 2.87. The van der Waals surface area contributed by atoms with Gasteiger partial charge in [-0.05, 0) is 30.0 Å². The predicted octanol–water partition coefficient (Wildman–Crippen LogP) is 2.78. The van der Waals surface area contributed by atoms with Crippen molar-refractivity contribution in [1.82, 2.24) is 9.55 Å². The lowest BCUT2D eigenvalue weighted by Gasteiger charge is -2.12. The first-order valence-corrected chi connectivity index (χ1v) is 7.21. The van der Waals surface area contributed by atoms with Gasteiger partial charge in [0.05, 0.1) is 6.33 Å². The maximum absolute atomic E-state index is 6.25. The van der Waals surface area contributed by atoms with Crippen molar-refractivity contribution in [3.05, 3.63) is 30.1 Å². The van der Waals surface area contributed by atoms with Crippen LogP contribution in [0.2, 0.25) is 0 Å². The Balaban J connectivity index is 1.96. The molecule has 106 valence electrons. The minimum Gasteiger partial charge on any atom is -0.383 e. The Labute approximate surface area is 120 Å². The molecule has 0 bridgehead atoms. The van der Waals surface area contributed by atoms with Crippen LogP contribution in [0.3, 0.4) is 0 Å². The zero-order valence-corrected chi connectivity index (χ0v) is 12.4. The van der Waals surface area contributed by atoms with Crippen LogP contribution in [-0.2, 0) is 13.0 Å². The van der Waals surface area contributed by atoms with E-state index in [1.54, 1.807) is 0 Å². The molecule has 4 heteroatoms. The summed E-state index contributed by atoms with van der Waals surface area (Å²) < 4.78 is 2.04. The molecule has 2 heterocycles. The van der Waals surface area contributed by atoms with E-state index in [9.17, 15) is 0 Å². The summed E-state index contributed by atoms with van der Waals surface area (Å²) in [5.41, 5.74) is 11.0. The standard InChI is InChI=1S/C16H22N4/c1-11(2)9-20-10-18-15(16(20)17)13-4-5-14-12(8-13)6-7-19(14)3/h4-5,8,10-11H,6-7,9,17H2,1-3H3. The Morgan fingerprint density at radius 2 is 2.15 bits per heavy atom. The second kappa shape index (κ2) is 4.85. The van der Waals surface area contributed by atoms with E-state index in [4.69, 9.17) is 5.73 Å². The molecule has 1 aliphatic rings. The fraction of sp³-hybridized carbons (Fsp3) is 0.438. The highest BCUT2D eigenvalue weighted by atomic mass is 15.1. The lowest BCUT2D eigenvalue weighted by atomic mass is 10.1.